The summed E-state index contributed by atoms with van der Waals surface area (Å²) in [6, 6.07) is 9.73. The van der Waals surface area contributed by atoms with Crippen molar-refractivity contribution >= 4 is 17.5 Å². The van der Waals surface area contributed by atoms with E-state index in [0.29, 0.717) is 23.9 Å². The van der Waals surface area contributed by atoms with E-state index in [1.54, 1.807) is 0 Å². The van der Waals surface area contributed by atoms with E-state index in [1.165, 1.54) is 50.6 Å². The molecule has 25 heavy (non-hydrogen) atoms. The van der Waals surface area contributed by atoms with Crippen molar-refractivity contribution in [3.63, 3.8) is 0 Å². The predicted molar refractivity (Wildman–Crippen MR) is 101 cm³/mol. The van der Waals surface area contributed by atoms with Gasteiger partial charge in [0.2, 0.25) is 5.95 Å². The van der Waals surface area contributed by atoms with Crippen molar-refractivity contribution in [1.82, 2.24) is 20.1 Å². The second kappa shape index (κ2) is 7.34. The van der Waals surface area contributed by atoms with Gasteiger partial charge in [-0.25, -0.2) is 0 Å². The van der Waals surface area contributed by atoms with Crippen LogP contribution in [0, 0.1) is 0 Å². The molecule has 0 unspecified atom stereocenters. The van der Waals surface area contributed by atoms with Crippen LogP contribution < -0.4 is 5.73 Å². The Bertz CT molecular complexity index is 690. The van der Waals surface area contributed by atoms with Crippen molar-refractivity contribution in [2.75, 3.05) is 12.3 Å². The standard InChI is InChI=1S/C19H26ClN5/c20-15-7-3-13(4-8-15)12-17-2-1-11-25(17)16-9-5-14(6-10-16)18-22-19(21)24-23-18/h3-4,7-8,14,16-17H,1-2,5-6,9-12H2,(H3,21,22,23,24)/t14?,16?,17-/m1/s1. The number of hydrogen-bond acceptors (Lipinski definition) is 4. The Morgan fingerprint density at radius 3 is 2.52 bits per heavy atom. The highest BCUT2D eigenvalue weighted by Crippen LogP contribution is 2.36. The minimum absolute atomic E-state index is 0.430. The van der Waals surface area contributed by atoms with Crippen LogP contribution in [0.25, 0.3) is 0 Å². The number of nitrogen functional groups attached to an aromatic ring is 1. The average molecular weight is 360 g/mol. The SMILES string of the molecule is Nc1nnc(C2CCC(N3CCC[C@@H]3Cc3ccc(Cl)cc3)CC2)[nH]1. The molecule has 1 aliphatic carbocycles. The number of hydrogen-bond donors (Lipinski definition) is 2. The van der Waals surface area contributed by atoms with Crippen LogP contribution in [0.5, 0.6) is 0 Å². The summed E-state index contributed by atoms with van der Waals surface area (Å²) >= 11 is 6.01. The number of aromatic nitrogens is 3. The summed E-state index contributed by atoms with van der Waals surface area (Å²) in [7, 11) is 0. The molecule has 2 heterocycles. The van der Waals surface area contributed by atoms with Gasteiger partial charge >= 0.3 is 0 Å². The summed E-state index contributed by atoms with van der Waals surface area (Å²) in [6.45, 7) is 1.24. The van der Waals surface area contributed by atoms with E-state index in [9.17, 15) is 0 Å². The van der Waals surface area contributed by atoms with Crippen LogP contribution in [-0.2, 0) is 6.42 Å². The van der Waals surface area contributed by atoms with E-state index < -0.39 is 0 Å². The van der Waals surface area contributed by atoms with Gasteiger partial charge in [0, 0.05) is 23.0 Å². The summed E-state index contributed by atoms with van der Waals surface area (Å²) < 4.78 is 0. The lowest BCUT2D eigenvalue weighted by Crippen LogP contribution is -2.42. The van der Waals surface area contributed by atoms with E-state index in [-0.39, 0.29) is 0 Å². The molecule has 1 aromatic heterocycles. The van der Waals surface area contributed by atoms with Gasteiger partial charge in [-0.1, -0.05) is 23.7 Å². The molecule has 4 rings (SSSR count). The van der Waals surface area contributed by atoms with Crippen molar-refractivity contribution in [2.24, 2.45) is 0 Å². The molecule has 1 saturated carbocycles. The molecule has 0 spiro atoms. The van der Waals surface area contributed by atoms with Gasteiger partial charge < -0.3 is 10.7 Å². The largest absolute Gasteiger partial charge is 0.368 e. The second-order valence-corrected chi connectivity index (χ2v) is 7.90. The molecule has 0 radical (unpaired) electrons. The summed E-state index contributed by atoms with van der Waals surface area (Å²) in [5, 5.41) is 8.91. The lowest BCUT2D eigenvalue weighted by Gasteiger charge is -2.37. The molecule has 1 atom stereocenters. The Morgan fingerprint density at radius 1 is 1.08 bits per heavy atom. The Labute approximate surface area is 154 Å². The molecule has 0 bridgehead atoms. The second-order valence-electron chi connectivity index (χ2n) is 7.47. The van der Waals surface area contributed by atoms with Gasteiger partial charge in [-0.3, -0.25) is 4.90 Å². The smallest absolute Gasteiger partial charge is 0.219 e. The first-order valence-corrected chi connectivity index (χ1v) is 9.75. The average Bonchev–Trinajstić information content (AvgIpc) is 3.26. The third kappa shape index (κ3) is 3.82. The zero-order valence-corrected chi connectivity index (χ0v) is 15.3. The Kier molecular flexibility index (Phi) is 4.95. The molecular formula is C19H26ClN5. The van der Waals surface area contributed by atoms with Gasteiger partial charge in [0.1, 0.15) is 5.82 Å². The fourth-order valence-electron chi connectivity index (χ4n) is 4.60. The first kappa shape index (κ1) is 16.9. The molecule has 2 aliphatic rings. The third-order valence-electron chi connectivity index (χ3n) is 5.88. The van der Waals surface area contributed by atoms with Gasteiger partial charge in [0.15, 0.2) is 0 Å². The zero-order chi connectivity index (χ0) is 17.2. The van der Waals surface area contributed by atoms with Gasteiger partial charge in [-0.05, 0) is 69.2 Å². The van der Waals surface area contributed by atoms with Gasteiger partial charge in [-0.15, -0.1) is 10.2 Å². The highest BCUT2D eigenvalue weighted by molar-refractivity contribution is 6.30. The van der Waals surface area contributed by atoms with Crippen molar-refractivity contribution in [2.45, 2.75) is 62.9 Å². The van der Waals surface area contributed by atoms with Crippen molar-refractivity contribution in [3.05, 3.63) is 40.7 Å². The lowest BCUT2D eigenvalue weighted by molar-refractivity contribution is 0.134. The number of benzene rings is 1. The topological polar surface area (TPSA) is 70.8 Å². The first-order valence-electron chi connectivity index (χ1n) is 9.37. The van der Waals surface area contributed by atoms with Crippen molar-refractivity contribution in [3.8, 4) is 0 Å². The maximum Gasteiger partial charge on any atom is 0.219 e. The molecule has 0 amide bonds. The Balaban J connectivity index is 1.35. The van der Waals surface area contributed by atoms with E-state index in [1.807, 2.05) is 12.1 Å². The number of H-pyrrole nitrogens is 1. The third-order valence-corrected chi connectivity index (χ3v) is 6.13. The van der Waals surface area contributed by atoms with E-state index in [4.69, 9.17) is 17.3 Å². The molecule has 6 heteroatoms. The summed E-state index contributed by atoms with van der Waals surface area (Å²) in [5.41, 5.74) is 7.06. The number of likely N-dealkylation sites (tertiary alicyclic amines) is 1. The molecule has 3 N–H and O–H groups in total. The highest BCUT2D eigenvalue weighted by atomic mass is 35.5. The number of rotatable bonds is 4. The van der Waals surface area contributed by atoms with Crippen LogP contribution >= 0.6 is 11.6 Å². The molecule has 134 valence electrons. The summed E-state index contributed by atoms with van der Waals surface area (Å²) in [4.78, 5) is 5.87. The summed E-state index contributed by atoms with van der Waals surface area (Å²) in [5.74, 6) is 1.88. The van der Waals surface area contributed by atoms with Gasteiger partial charge in [0.25, 0.3) is 0 Å². The molecular weight excluding hydrogens is 334 g/mol. The first-order chi connectivity index (χ1) is 12.2. The Morgan fingerprint density at radius 2 is 1.84 bits per heavy atom. The Hall–Kier alpha value is -1.59. The van der Waals surface area contributed by atoms with Crippen molar-refractivity contribution < 1.29 is 0 Å². The monoisotopic (exact) mass is 359 g/mol. The molecule has 1 aliphatic heterocycles. The highest BCUT2D eigenvalue weighted by Gasteiger charge is 2.34. The minimum Gasteiger partial charge on any atom is -0.368 e. The molecule has 2 aromatic rings. The quantitative estimate of drug-likeness (QED) is 0.871. The number of nitrogens with zero attached hydrogens (tertiary/aromatic N) is 3. The van der Waals surface area contributed by atoms with Gasteiger partial charge in [-0.2, -0.15) is 0 Å². The maximum absolute atomic E-state index is 6.01. The minimum atomic E-state index is 0.430. The van der Waals surface area contributed by atoms with E-state index in [0.717, 1.165) is 17.3 Å². The number of nitrogens with one attached hydrogen (secondary N) is 1. The molecule has 1 saturated heterocycles. The fourth-order valence-corrected chi connectivity index (χ4v) is 4.73. The normalized spacial score (nSPS) is 27.6. The number of halogens is 1. The van der Waals surface area contributed by atoms with Crippen LogP contribution in [0.3, 0.4) is 0 Å². The van der Waals surface area contributed by atoms with Gasteiger partial charge in [0.05, 0.1) is 0 Å². The predicted octanol–water partition coefficient (Wildman–Crippen LogP) is 3.77. The van der Waals surface area contributed by atoms with Crippen LogP contribution in [0.2, 0.25) is 5.02 Å². The number of anilines is 1. The zero-order valence-electron chi connectivity index (χ0n) is 14.5. The fraction of sp³-hybridized carbons (Fsp3) is 0.579. The number of nitrogens with two attached hydrogens (primary N) is 1. The molecule has 2 fully saturated rings. The van der Waals surface area contributed by atoms with Crippen LogP contribution in [0.1, 0.15) is 55.8 Å². The summed E-state index contributed by atoms with van der Waals surface area (Å²) in [6.07, 6.45) is 8.57. The van der Waals surface area contributed by atoms with E-state index in [2.05, 4.69) is 32.2 Å². The van der Waals surface area contributed by atoms with Crippen LogP contribution in [-0.4, -0.2) is 38.7 Å². The molecule has 1 aromatic carbocycles. The van der Waals surface area contributed by atoms with Crippen LogP contribution in [0.4, 0.5) is 5.95 Å². The lowest BCUT2D eigenvalue weighted by atomic mass is 9.84. The molecule has 5 nitrogen and oxygen atoms in total. The van der Waals surface area contributed by atoms with E-state index >= 15 is 0 Å². The number of aromatic amines is 1. The van der Waals surface area contributed by atoms with Crippen LogP contribution in [0.15, 0.2) is 24.3 Å². The van der Waals surface area contributed by atoms with Crippen molar-refractivity contribution in [1.29, 1.82) is 0 Å². The maximum atomic E-state index is 6.01.